The second-order valence-corrected chi connectivity index (χ2v) is 6.27. The molecular weight excluding hydrogens is 248 g/mol. The van der Waals surface area contributed by atoms with Gasteiger partial charge in [0.25, 0.3) is 0 Å². The quantitative estimate of drug-likeness (QED) is 0.864. The fourth-order valence-corrected chi connectivity index (χ4v) is 3.28. The normalized spacial score (nSPS) is 13.6. The lowest BCUT2D eigenvalue weighted by Crippen LogP contribution is -2.35. The van der Waals surface area contributed by atoms with E-state index in [1.54, 1.807) is 25.2 Å². The van der Waals surface area contributed by atoms with Gasteiger partial charge in [0.15, 0.2) is 0 Å². The Labute approximate surface area is 110 Å². The summed E-state index contributed by atoms with van der Waals surface area (Å²) in [5.41, 5.74) is 0.662. The number of hydrogen-bond donors (Lipinski definition) is 1. The predicted molar refractivity (Wildman–Crippen MR) is 75.3 cm³/mol. The van der Waals surface area contributed by atoms with Gasteiger partial charge in [-0.15, -0.1) is 0 Å². The van der Waals surface area contributed by atoms with Gasteiger partial charge in [0.1, 0.15) is 4.90 Å². The molecular formula is C13H22N2O2S. The topological polar surface area (TPSA) is 49.4 Å². The minimum Gasteiger partial charge on any atom is -0.384 e. The summed E-state index contributed by atoms with van der Waals surface area (Å²) in [6.45, 7) is 6.53. The number of anilines is 1. The second-order valence-electron chi connectivity index (χ2n) is 4.31. The molecule has 1 atom stereocenters. The summed E-state index contributed by atoms with van der Waals surface area (Å²) in [6, 6.07) is 7.01. The van der Waals surface area contributed by atoms with E-state index in [2.05, 4.69) is 5.32 Å². The lowest BCUT2D eigenvalue weighted by molar-refractivity contribution is 0.381. The van der Waals surface area contributed by atoms with Crippen LogP contribution < -0.4 is 5.32 Å². The van der Waals surface area contributed by atoms with Crippen molar-refractivity contribution in [3.63, 3.8) is 0 Å². The van der Waals surface area contributed by atoms with Crippen molar-refractivity contribution < 1.29 is 8.42 Å². The average molecular weight is 270 g/mol. The number of rotatable bonds is 6. The molecule has 0 bridgehead atoms. The van der Waals surface area contributed by atoms with E-state index in [4.69, 9.17) is 0 Å². The van der Waals surface area contributed by atoms with Crippen LogP contribution in [0.5, 0.6) is 0 Å². The first-order chi connectivity index (χ1) is 8.45. The Bertz CT molecular complexity index is 486. The molecule has 1 aromatic rings. The smallest absolute Gasteiger partial charge is 0.245 e. The van der Waals surface area contributed by atoms with E-state index in [0.717, 1.165) is 6.42 Å². The molecule has 1 rings (SSSR count). The molecule has 0 spiro atoms. The van der Waals surface area contributed by atoms with Crippen molar-refractivity contribution in [1.82, 2.24) is 4.31 Å². The van der Waals surface area contributed by atoms with Crippen molar-refractivity contribution in [3.05, 3.63) is 24.3 Å². The molecule has 1 aromatic carbocycles. The van der Waals surface area contributed by atoms with Crippen LogP contribution in [0.15, 0.2) is 29.2 Å². The third-order valence-corrected chi connectivity index (χ3v) is 5.15. The van der Waals surface area contributed by atoms with E-state index in [0.29, 0.717) is 17.1 Å². The molecule has 0 amide bonds. The van der Waals surface area contributed by atoms with E-state index in [1.807, 2.05) is 26.8 Å². The molecule has 1 unspecified atom stereocenters. The van der Waals surface area contributed by atoms with Gasteiger partial charge in [-0.1, -0.05) is 19.1 Å². The summed E-state index contributed by atoms with van der Waals surface area (Å²) in [7, 11) is -1.80. The summed E-state index contributed by atoms with van der Waals surface area (Å²) in [4.78, 5) is 0.342. The fourth-order valence-electron chi connectivity index (χ4n) is 1.68. The molecule has 0 saturated carbocycles. The molecule has 102 valence electrons. The number of para-hydroxylation sites is 1. The summed E-state index contributed by atoms with van der Waals surface area (Å²) in [5, 5.41) is 3.09. The highest BCUT2D eigenvalue weighted by Gasteiger charge is 2.26. The standard InChI is InChI=1S/C13H22N2O2S/c1-5-11(3)15(4)18(16,17)13-10-8-7-9-12(13)14-6-2/h7-11,14H,5-6H2,1-4H3. The number of nitrogens with one attached hydrogen (secondary N) is 1. The average Bonchev–Trinajstić information content (AvgIpc) is 2.37. The Balaban J connectivity index is 3.20. The molecule has 0 radical (unpaired) electrons. The Hall–Kier alpha value is -1.07. The third-order valence-electron chi connectivity index (χ3n) is 3.12. The van der Waals surface area contributed by atoms with Crippen LogP contribution in [-0.4, -0.2) is 32.4 Å². The van der Waals surface area contributed by atoms with Crippen LogP contribution in [0.1, 0.15) is 27.2 Å². The fraction of sp³-hybridized carbons (Fsp3) is 0.538. The Morgan fingerprint density at radius 1 is 1.28 bits per heavy atom. The van der Waals surface area contributed by atoms with Crippen molar-refractivity contribution in [3.8, 4) is 0 Å². The molecule has 0 fully saturated rings. The van der Waals surface area contributed by atoms with Gasteiger partial charge < -0.3 is 5.32 Å². The lowest BCUT2D eigenvalue weighted by atomic mass is 10.3. The molecule has 0 heterocycles. The summed E-state index contributed by atoms with van der Waals surface area (Å²) < 4.78 is 26.5. The minimum absolute atomic E-state index is 0.00955. The van der Waals surface area contributed by atoms with Gasteiger partial charge in [-0.3, -0.25) is 0 Å². The lowest BCUT2D eigenvalue weighted by Gasteiger charge is -2.24. The second kappa shape index (κ2) is 6.20. The molecule has 0 aliphatic carbocycles. The molecule has 0 aliphatic heterocycles. The summed E-state index contributed by atoms with van der Waals surface area (Å²) in [5.74, 6) is 0. The zero-order chi connectivity index (χ0) is 13.8. The maximum Gasteiger partial charge on any atom is 0.245 e. The van der Waals surface area contributed by atoms with Crippen LogP contribution >= 0.6 is 0 Å². The first-order valence-electron chi connectivity index (χ1n) is 6.26. The number of benzene rings is 1. The first kappa shape index (κ1) is 15.0. The maximum atomic E-state index is 12.5. The van der Waals surface area contributed by atoms with Crippen molar-refractivity contribution in [2.24, 2.45) is 0 Å². The van der Waals surface area contributed by atoms with Gasteiger partial charge in [0.2, 0.25) is 10.0 Å². The van der Waals surface area contributed by atoms with E-state index < -0.39 is 10.0 Å². The zero-order valence-corrected chi connectivity index (χ0v) is 12.3. The number of sulfonamides is 1. The molecule has 5 heteroatoms. The summed E-state index contributed by atoms with van der Waals surface area (Å²) in [6.07, 6.45) is 0.791. The zero-order valence-electron chi connectivity index (χ0n) is 11.5. The van der Waals surface area contributed by atoms with Crippen LogP contribution in [0.3, 0.4) is 0 Å². The molecule has 1 N–H and O–H groups in total. The summed E-state index contributed by atoms with van der Waals surface area (Å²) >= 11 is 0. The van der Waals surface area contributed by atoms with Gasteiger partial charge in [-0.05, 0) is 32.4 Å². The Morgan fingerprint density at radius 3 is 2.44 bits per heavy atom. The highest BCUT2D eigenvalue weighted by molar-refractivity contribution is 7.89. The van der Waals surface area contributed by atoms with Gasteiger partial charge in [0, 0.05) is 19.6 Å². The number of nitrogens with zero attached hydrogens (tertiary/aromatic N) is 1. The Morgan fingerprint density at radius 2 is 1.89 bits per heavy atom. The molecule has 0 aromatic heterocycles. The van der Waals surface area contributed by atoms with Gasteiger partial charge >= 0.3 is 0 Å². The largest absolute Gasteiger partial charge is 0.384 e. The monoisotopic (exact) mass is 270 g/mol. The minimum atomic E-state index is -3.43. The van der Waals surface area contributed by atoms with E-state index in [9.17, 15) is 8.42 Å². The van der Waals surface area contributed by atoms with Crippen LogP contribution in [0, 0.1) is 0 Å². The van der Waals surface area contributed by atoms with Crippen LogP contribution in [0.2, 0.25) is 0 Å². The first-order valence-corrected chi connectivity index (χ1v) is 7.70. The number of hydrogen-bond acceptors (Lipinski definition) is 3. The molecule has 4 nitrogen and oxygen atoms in total. The highest BCUT2D eigenvalue weighted by Crippen LogP contribution is 2.25. The van der Waals surface area contributed by atoms with Gasteiger partial charge in [0.05, 0.1) is 5.69 Å². The molecule has 0 saturated heterocycles. The predicted octanol–water partition coefficient (Wildman–Crippen LogP) is 2.54. The Kier molecular flexibility index (Phi) is 5.16. The van der Waals surface area contributed by atoms with Crippen molar-refractivity contribution in [1.29, 1.82) is 0 Å². The van der Waals surface area contributed by atoms with E-state index in [1.165, 1.54) is 4.31 Å². The van der Waals surface area contributed by atoms with Crippen molar-refractivity contribution in [2.45, 2.75) is 38.1 Å². The van der Waals surface area contributed by atoms with Crippen LogP contribution in [-0.2, 0) is 10.0 Å². The van der Waals surface area contributed by atoms with E-state index >= 15 is 0 Å². The maximum absolute atomic E-state index is 12.5. The van der Waals surface area contributed by atoms with Crippen LogP contribution in [0.25, 0.3) is 0 Å². The van der Waals surface area contributed by atoms with Crippen molar-refractivity contribution in [2.75, 3.05) is 18.9 Å². The highest BCUT2D eigenvalue weighted by atomic mass is 32.2. The van der Waals surface area contributed by atoms with Gasteiger partial charge in [-0.2, -0.15) is 4.31 Å². The third kappa shape index (κ3) is 3.03. The van der Waals surface area contributed by atoms with Gasteiger partial charge in [-0.25, -0.2) is 8.42 Å². The van der Waals surface area contributed by atoms with Crippen LogP contribution in [0.4, 0.5) is 5.69 Å². The SMILES string of the molecule is CCNc1ccccc1S(=O)(=O)N(C)C(C)CC. The molecule has 0 aliphatic rings. The van der Waals surface area contributed by atoms with Crippen molar-refractivity contribution >= 4 is 15.7 Å². The van der Waals surface area contributed by atoms with E-state index in [-0.39, 0.29) is 6.04 Å². The molecule has 18 heavy (non-hydrogen) atoms.